The van der Waals surface area contributed by atoms with Crippen molar-refractivity contribution in [2.24, 2.45) is 0 Å². The van der Waals surface area contributed by atoms with Gasteiger partial charge < -0.3 is 9.84 Å². The van der Waals surface area contributed by atoms with Gasteiger partial charge in [0, 0.05) is 11.8 Å². The van der Waals surface area contributed by atoms with E-state index < -0.39 is 30.2 Å². The fourth-order valence-corrected chi connectivity index (χ4v) is 2.48. The van der Waals surface area contributed by atoms with E-state index in [4.69, 9.17) is 5.11 Å². The summed E-state index contributed by atoms with van der Waals surface area (Å²) in [7, 11) is 0. The van der Waals surface area contributed by atoms with Gasteiger partial charge in [0.05, 0.1) is 23.9 Å². The molecule has 2 heterocycles. The Balaban J connectivity index is 2.01. The van der Waals surface area contributed by atoms with E-state index in [1.807, 2.05) is 0 Å². The molecule has 3 aromatic rings. The van der Waals surface area contributed by atoms with Crippen molar-refractivity contribution < 1.29 is 27.8 Å². The van der Waals surface area contributed by atoms with Crippen molar-refractivity contribution in [2.75, 3.05) is 6.61 Å². The van der Waals surface area contributed by atoms with Gasteiger partial charge in [-0.3, -0.25) is 14.3 Å². The maximum Gasteiger partial charge on any atom is 0.422 e. The lowest BCUT2D eigenvalue weighted by molar-refractivity contribution is -0.154. The lowest BCUT2D eigenvalue weighted by Gasteiger charge is -2.14. The fourth-order valence-electron chi connectivity index (χ4n) is 2.48. The summed E-state index contributed by atoms with van der Waals surface area (Å²) in [4.78, 5) is 31.6. The van der Waals surface area contributed by atoms with Gasteiger partial charge in [-0.15, -0.1) is 0 Å². The smallest absolute Gasteiger partial charge is 0.422 e. The van der Waals surface area contributed by atoms with Crippen LogP contribution in [0.2, 0.25) is 0 Å². The third kappa shape index (κ3) is 5.18. The van der Waals surface area contributed by atoms with Gasteiger partial charge in [0.15, 0.2) is 6.61 Å². The van der Waals surface area contributed by atoms with E-state index in [1.165, 1.54) is 16.7 Å². The number of rotatable bonds is 6. The van der Waals surface area contributed by atoms with E-state index in [0.717, 1.165) is 12.3 Å². The van der Waals surface area contributed by atoms with Gasteiger partial charge >= 0.3 is 12.1 Å². The third-order valence-corrected chi connectivity index (χ3v) is 3.79. The molecule has 0 aliphatic rings. The summed E-state index contributed by atoms with van der Waals surface area (Å²) >= 11 is 0. The topological polar surface area (TPSA) is 94.3 Å². The van der Waals surface area contributed by atoms with Gasteiger partial charge in [-0.1, -0.05) is 30.3 Å². The van der Waals surface area contributed by atoms with Crippen LogP contribution in [0.1, 0.15) is 16.1 Å². The minimum Gasteiger partial charge on any atom is -0.478 e. The standard InChI is InChI=1S/C19H14F3N3O4/c20-19(21,22)11-29-15-8-16(26)25(17(24-15)12-4-2-1-3-5-12)10-14-7-6-13(9-23-14)18(27)28/h1-9H,10-11H2,(H,27,28). The summed E-state index contributed by atoms with van der Waals surface area (Å²) in [5.41, 5.74) is 0.211. The van der Waals surface area contributed by atoms with E-state index >= 15 is 0 Å². The molecular formula is C19H14F3N3O4. The van der Waals surface area contributed by atoms with Crippen molar-refractivity contribution in [2.45, 2.75) is 12.7 Å². The number of carbonyl (C=O) groups is 1. The molecular weight excluding hydrogens is 391 g/mol. The number of carboxylic acids is 1. The van der Waals surface area contributed by atoms with Crippen LogP contribution in [0.3, 0.4) is 0 Å². The van der Waals surface area contributed by atoms with Crippen LogP contribution in [0.4, 0.5) is 13.2 Å². The molecule has 3 rings (SSSR count). The first kappa shape index (κ1) is 20.1. The van der Waals surface area contributed by atoms with Crippen molar-refractivity contribution in [1.82, 2.24) is 14.5 Å². The number of hydrogen-bond donors (Lipinski definition) is 1. The number of nitrogens with zero attached hydrogens (tertiary/aromatic N) is 3. The Morgan fingerprint density at radius 3 is 2.45 bits per heavy atom. The van der Waals surface area contributed by atoms with Crippen LogP contribution < -0.4 is 10.3 Å². The zero-order chi connectivity index (χ0) is 21.0. The summed E-state index contributed by atoms with van der Waals surface area (Å²) < 4.78 is 43.2. The van der Waals surface area contributed by atoms with Crippen LogP contribution in [0.25, 0.3) is 11.4 Å². The summed E-state index contributed by atoms with van der Waals surface area (Å²) in [6.45, 7) is -1.63. The quantitative estimate of drug-likeness (QED) is 0.678. The van der Waals surface area contributed by atoms with Crippen molar-refractivity contribution in [3.8, 4) is 17.3 Å². The van der Waals surface area contributed by atoms with Crippen molar-refractivity contribution >= 4 is 5.97 Å². The second-order valence-electron chi connectivity index (χ2n) is 5.96. The molecule has 0 bridgehead atoms. The largest absolute Gasteiger partial charge is 0.478 e. The molecule has 0 aliphatic heterocycles. The number of aromatic nitrogens is 3. The number of alkyl halides is 3. The van der Waals surface area contributed by atoms with Crippen molar-refractivity contribution in [3.05, 3.63) is 76.3 Å². The number of ether oxygens (including phenoxy) is 1. The van der Waals surface area contributed by atoms with E-state index in [-0.39, 0.29) is 17.9 Å². The molecule has 7 nitrogen and oxygen atoms in total. The Labute approximate surface area is 162 Å². The number of benzene rings is 1. The van der Waals surface area contributed by atoms with Crippen LogP contribution in [-0.2, 0) is 6.54 Å². The fraction of sp³-hybridized carbons (Fsp3) is 0.158. The summed E-state index contributed by atoms with van der Waals surface area (Å²) in [5, 5.41) is 8.94. The summed E-state index contributed by atoms with van der Waals surface area (Å²) in [5.74, 6) is -1.49. The van der Waals surface area contributed by atoms with Crippen molar-refractivity contribution in [3.63, 3.8) is 0 Å². The molecule has 0 amide bonds. The molecule has 0 atom stereocenters. The maximum atomic E-state index is 12.6. The van der Waals surface area contributed by atoms with Crippen LogP contribution in [0.15, 0.2) is 59.5 Å². The second kappa shape index (κ2) is 8.13. The predicted molar refractivity (Wildman–Crippen MR) is 95.8 cm³/mol. The highest BCUT2D eigenvalue weighted by Gasteiger charge is 2.29. The molecule has 0 unspecified atom stereocenters. The molecule has 0 aliphatic carbocycles. The van der Waals surface area contributed by atoms with Gasteiger partial charge in [-0.2, -0.15) is 18.2 Å². The van der Waals surface area contributed by atoms with Crippen LogP contribution in [0.5, 0.6) is 5.88 Å². The Morgan fingerprint density at radius 2 is 1.86 bits per heavy atom. The Kier molecular flexibility index (Phi) is 5.62. The zero-order valence-electron chi connectivity index (χ0n) is 14.8. The van der Waals surface area contributed by atoms with Gasteiger partial charge in [-0.05, 0) is 12.1 Å². The predicted octanol–water partition coefficient (Wildman–Crippen LogP) is 2.99. The number of pyridine rings is 1. The Morgan fingerprint density at radius 1 is 1.14 bits per heavy atom. The highest BCUT2D eigenvalue weighted by molar-refractivity contribution is 5.87. The molecule has 0 saturated carbocycles. The van der Waals surface area contributed by atoms with E-state index in [0.29, 0.717) is 11.3 Å². The van der Waals surface area contributed by atoms with E-state index in [1.54, 1.807) is 30.3 Å². The molecule has 10 heteroatoms. The minimum absolute atomic E-state index is 0.0154. The molecule has 0 fully saturated rings. The molecule has 1 N–H and O–H groups in total. The molecule has 0 radical (unpaired) electrons. The molecule has 29 heavy (non-hydrogen) atoms. The van der Waals surface area contributed by atoms with Gasteiger partial charge in [-0.25, -0.2) is 4.79 Å². The monoisotopic (exact) mass is 405 g/mol. The van der Waals surface area contributed by atoms with E-state index in [2.05, 4.69) is 14.7 Å². The lowest BCUT2D eigenvalue weighted by Crippen LogP contribution is -2.26. The molecule has 1 aromatic carbocycles. The van der Waals surface area contributed by atoms with E-state index in [9.17, 15) is 22.8 Å². The van der Waals surface area contributed by atoms with Crippen LogP contribution in [0, 0.1) is 0 Å². The first-order chi connectivity index (χ1) is 13.7. The summed E-state index contributed by atoms with van der Waals surface area (Å²) in [6, 6.07) is 12.1. The molecule has 0 saturated heterocycles. The highest BCUT2D eigenvalue weighted by Crippen LogP contribution is 2.21. The Hall–Kier alpha value is -3.69. The second-order valence-corrected chi connectivity index (χ2v) is 5.96. The number of aromatic carboxylic acids is 1. The van der Waals surface area contributed by atoms with Gasteiger partial charge in [0.25, 0.3) is 5.56 Å². The number of hydrogen-bond acceptors (Lipinski definition) is 5. The lowest BCUT2D eigenvalue weighted by atomic mass is 10.2. The molecule has 2 aromatic heterocycles. The van der Waals surface area contributed by atoms with Crippen LogP contribution >= 0.6 is 0 Å². The SMILES string of the molecule is O=C(O)c1ccc(Cn2c(-c3ccccc3)nc(OCC(F)(F)F)cc2=O)nc1. The highest BCUT2D eigenvalue weighted by atomic mass is 19.4. The maximum absolute atomic E-state index is 12.6. The van der Waals surface area contributed by atoms with Gasteiger partial charge in [0.1, 0.15) is 5.82 Å². The first-order valence-electron chi connectivity index (χ1n) is 8.28. The third-order valence-electron chi connectivity index (χ3n) is 3.79. The van der Waals surface area contributed by atoms with Gasteiger partial charge in [0.2, 0.25) is 5.88 Å². The molecule has 150 valence electrons. The first-order valence-corrected chi connectivity index (χ1v) is 8.28. The zero-order valence-corrected chi connectivity index (χ0v) is 14.8. The normalized spacial score (nSPS) is 11.3. The number of halogens is 3. The van der Waals surface area contributed by atoms with Crippen molar-refractivity contribution in [1.29, 1.82) is 0 Å². The average molecular weight is 405 g/mol. The minimum atomic E-state index is -4.57. The number of carboxylic acid groups (broad SMARTS) is 1. The summed E-state index contributed by atoms with van der Waals surface area (Å²) in [6.07, 6.45) is -3.42. The Bertz CT molecular complexity index is 1060. The molecule has 0 spiro atoms. The average Bonchev–Trinajstić information content (AvgIpc) is 2.68. The van der Waals surface area contributed by atoms with Crippen LogP contribution in [-0.4, -0.2) is 38.4 Å².